The van der Waals surface area contributed by atoms with E-state index < -0.39 is 0 Å². The Bertz CT molecular complexity index is 322. The standard InChI is InChI=1S/C30H61N/c1-3-5-7-9-11-13-15-16-17-18-19-20-22-24-26-28-30-31-29-27-25-23-21-14-12-10-8-6-4-2/h16-17,31H,3-15,18-30H2,1-2H3. The summed E-state index contributed by atoms with van der Waals surface area (Å²) in [7, 11) is 0. The first-order valence-electron chi connectivity index (χ1n) is 14.8. The molecule has 0 aromatic heterocycles. The lowest BCUT2D eigenvalue weighted by molar-refractivity contribution is 0.530. The molecule has 0 spiro atoms. The van der Waals surface area contributed by atoms with E-state index in [1.165, 1.54) is 167 Å². The van der Waals surface area contributed by atoms with Crippen molar-refractivity contribution in [1.82, 2.24) is 5.32 Å². The summed E-state index contributed by atoms with van der Waals surface area (Å²) >= 11 is 0. The number of unbranched alkanes of at least 4 members (excludes halogenated alkanes) is 21. The van der Waals surface area contributed by atoms with Crippen molar-refractivity contribution in [3.05, 3.63) is 12.2 Å². The van der Waals surface area contributed by atoms with Gasteiger partial charge in [0.05, 0.1) is 0 Å². The molecule has 0 heterocycles. The minimum atomic E-state index is 1.23. The molecule has 0 saturated heterocycles. The van der Waals surface area contributed by atoms with E-state index in [1.54, 1.807) is 0 Å². The third kappa shape index (κ3) is 29.7. The van der Waals surface area contributed by atoms with Gasteiger partial charge in [0.25, 0.3) is 0 Å². The zero-order valence-electron chi connectivity index (χ0n) is 22.0. The van der Waals surface area contributed by atoms with Crippen LogP contribution in [-0.2, 0) is 0 Å². The van der Waals surface area contributed by atoms with Crippen LogP contribution >= 0.6 is 0 Å². The highest BCUT2D eigenvalue weighted by molar-refractivity contribution is 4.81. The first-order chi connectivity index (χ1) is 15.4. The molecule has 0 aliphatic rings. The van der Waals surface area contributed by atoms with Gasteiger partial charge in [-0.25, -0.2) is 0 Å². The van der Waals surface area contributed by atoms with Crippen molar-refractivity contribution in [2.24, 2.45) is 0 Å². The number of hydrogen-bond donors (Lipinski definition) is 1. The van der Waals surface area contributed by atoms with E-state index in [2.05, 4.69) is 31.3 Å². The van der Waals surface area contributed by atoms with Crippen LogP contribution in [0.5, 0.6) is 0 Å². The van der Waals surface area contributed by atoms with Crippen molar-refractivity contribution >= 4 is 0 Å². The molecular formula is C30H61N. The smallest absolute Gasteiger partial charge is 0.00489 e. The lowest BCUT2D eigenvalue weighted by atomic mass is 10.1. The first kappa shape index (κ1) is 30.7. The molecule has 0 radical (unpaired) electrons. The summed E-state index contributed by atoms with van der Waals surface area (Å²) in [5, 5.41) is 3.65. The Kier molecular flexibility index (Phi) is 29.4. The second-order valence-electron chi connectivity index (χ2n) is 9.87. The molecule has 0 aliphatic carbocycles. The fourth-order valence-corrected chi connectivity index (χ4v) is 4.36. The monoisotopic (exact) mass is 435 g/mol. The number of allylic oxidation sites excluding steroid dienone is 2. The van der Waals surface area contributed by atoms with Crippen LogP contribution in [0.1, 0.15) is 168 Å². The minimum Gasteiger partial charge on any atom is -0.317 e. The summed E-state index contributed by atoms with van der Waals surface area (Å²) < 4.78 is 0. The molecular weight excluding hydrogens is 374 g/mol. The molecule has 0 rings (SSSR count). The molecule has 0 bridgehead atoms. The van der Waals surface area contributed by atoms with Crippen molar-refractivity contribution in [1.29, 1.82) is 0 Å². The molecule has 1 N–H and O–H groups in total. The van der Waals surface area contributed by atoms with Crippen LogP contribution in [0.15, 0.2) is 12.2 Å². The average molecular weight is 436 g/mol. The SMILES string of the molecule is CCCCCCCCC=CCCCCCCCCNCCCCCCCCCCCC. The zero-order valence-corrected chi connectivity index (χ0v) is 22.0. The topological polar surface area (TPSA) is 12.0 Å². The van der Waals surface area contributed by atoms with Crippen LogP contribution in [-0.4, -0.2) is 13.1 Å². The van der Waals surface area contributed by atoms with E-state index in [1.807, 2.05) is 0 Å². The fourth-order valence-electron chi connectivity index (χ4n) is 4.36. The molecule has 0 atom stereocenters. The van der Waals surface area contributed by atoms with E-state index in [0.29, 0.717) is 0 Å². The van der Waals surface area contributed by atoms with Crippen LogP contribution in [0, 0.1) is 0 Å². The van der Waals surface area contributed by atoms with Crippen molar-refractivity contribution in [2.75, 3.05) is 13.1 Å². The quantitative estimate of drug-likeness (QED) is 0.0998. The van der Waals surface area contributed by atoms with E-state index >= 15 is 0 Å². The second-order valence-corrected chi connectivity index (χ2v) is 9.87. The van der Waals surface area contributed by atoms with E-state index in [9.17, 15) is 0 Å². The normalized spacial score (nSPS) is 11.7. The Hall–Kier alpha value is -0.300. The maximum absolute atomic E-state index is 3.65. The summed E-state index contributed by atoms with van der Waals surface area (Å²) in [6.07, 6.45) is 38.8. The lowest BCUT2D eigenvalue weighted by Gasteiger charge is -2.05. The molecule has 0 unspecified atom stereocenters. The largest absolute Gasteiger partial charge is 0.317 e. The molecule has 0 aliphatic heterocycles. The van der Waals surface area contributed by atoms with E-state index in [-0.39, 0.29) is 0 Å². The van der Waals surface area contributed by atoms with Crippen LogP contribution in [0.3, 0.4) is 0 Å². The fraction of sp³-hybridized carbons (Fsp3) is 0.933. The van der Waals surface area contributed by atoms with Gasteiger partial charge >= 0.3 is 0 Å². The third-order valence-corrected chi connectivity index (χ3v) is 6.57. The molecule has 1 nitrogen and oxygen atoms in total. The van der Waals surface area contributed by atoms with Gasteiger partial charge in [0.2, 0.25) is 0 Å². The predicted molar refractivity (Wildman–Crippen MR) is 144 cm³/mol. The van der Waals surface area contributed by atoms with Gasteiger partial charge in [-0.2, -0.15) is 0 Å². The second kappa shape index (κ2) is 29.7. The van der Waals surface area contributed by atoms with Crippen molar-refractivity contribution in [3.63, 3.8) is 0 Å². The highest BCUT2D eigenvalue weighted by Crippen LogP contribution is 2.11. The van der Waals surface area contributed by atoms with Crippen molar-refractivity contribution in [2.45, 2.75) is 168 Å². The Morgan fingerprint density at radius 2 is 0.645 bits per heavy atom. The maximum Gasteiger partial charge on any atom is -0.00489 e. The molecule has 0 aromatic rings. The van der Waals surface area contributed by atoms with Gasteiger partial charge in [0.1, 0.15) is 0 Å². The Morgan fingerprint density at radius 3 is 1.00 bits per heavy atom. The number of nitrogens with one attached hydrogen (secondary N) is 1. The molecule has 186 valence electrons. The minimum absolute atomic E-state index is 1.23. The molecule has 1 heteroatoms. The zero-order chi connectivity index (χ0) is 22.5. The summed E-state index contributed by atoms with van der Waals surface area (Å²) in [6.45, 7) is 7.06. The molecule has 0 fully saturated rings. The number of rotatable bonds is 27. The van der Waals surface area contributed by atoms with Gasteiger partial charge in [0.15, 0.2) is 0 Å². The van der Waals surface area contributed by atoms with Crippen LogP contribution < -0.4 is 5.32 Å². The molecule has 0 amide bonds. The van der Waals surface area contributed by atoms with Gasteiger partial charge in [-0.1, -0.05) is 142 Å². The summed E-state index contributed by atoms with van der Waals surface area (Å²) in [6, 6.07) is 0. The predicted octanol–water partition coefficient (Wildman–Crippen LogP) is 10.5. The van der Waals surface area contributed by atoms with E-state index in [0.717, 1.165) is 0 Å². The average Bonchev–Trinajstić information content (AvgIpc) is 2.78. The van der Waals surface area contributed by atoms with Gasteiger partial charge in [-0.05, 0) is 51.6 Å². The first-order valence-corrected chi connectivity index (χ1v) is 14.8. The lowest BCUT2D eigenvalue weighted by Crippen LogP contribution is -2.16. The van der Waals surface area contributed by atoms with Crippen molar-refractivity contribution < 1.29 is 0 Å². The summed E-state index contributed by atoms with van der Waals surface area (Å²) in [5.74, 6) is 0. The highest BCUT2D eigenvalue weighted by atomic mass is 14.8. The third-order valence-electron chi connectivity index (χ3n) is 6.57. The van der Waals surface area contributed by atoms with Gasteiger partial charge < -0.3 is 5.32 Å². The highest BCUT2D eigenvalue weighted by Gasteiger charge is 1.94. The summed E-state index contributed by atoms with van der Waals surface area (Å²) in [5.41, 5.74) is 0. The van der Waals surface area contributed by atoms with Gasteiger partial charge in [0, 0.05) is 0 Å². The molecule has 31 heavy (non-hydrogen) atoms. The Labute approximate surface area is 198 Å². The summed E-state index contributed by atoms with van der Waals surface area (Å²) in [4.78, 5) is 0. The Balaban J connectivity index is 3.04. The maximum atomic E-state index is 3.65. The molecule has 0 aromatic carbocycles. The van der Waals surface area contributed by atoms with Crippen LogP contribution in [0.4, 0.5) is 0 Å². The molecule has 0 saturated carbocycles. The Morgan fingerprint density at radius 1 is 0.355 bits per heavy atom. The van der Waals surface area contributed by atoms with Gasteiger partial charge in [-0.3, -0.25) is 0 Å². The van der Waals surface area contributed by atoms with Gasteiger partial charge in [-0.15, -0.1) is 0 Å². The van der Waals surface area contributed by atoms with Crippen molar-refractivity contribution in [3.8, 4) is 0 Å². The van der Waals surface area contributed by atoms with E-state index in [4.69, 9.17) is 0 Å². The van der Waals surface area contributed by atoms with Crippen LogP contribution in [0.2, 0.25) is 0 Å². The van der Waals surface area contributed by atoms with Crippen LogP contribution in [0.25, 0.3) is 0 Å². The number of hydrogen-bond acceptors (Lipinski definition) is 1.